The van der Waals surface area contributed by atoms with E-state index in [4.69, 9.17) is 0 Å². The fourth-order valence-corrected chi connectivity index (χ4v) is 2.50. The molecule has 0 aromatic heterocycles. The van der Waals surface area contributed by atoms with Crippen molar-refractivity contribution in [2.75, 3.05) is 19.6 Å². The highest BCUT2D eigenvalue weighted by Crippen LogP contribution is 2.17. The first-order valence-corrected chi connectivity index (χ1v) is 6.99. The number of rotatable bonds is 5. The first kappa shape index (κ1) is 13.8. The fraction of sp³-hybridized carbons (Fsp3) is 0.438. The molecule has 1 aliphatic rings. The summed E-state index contributed by atoms with van der Waals surface area (Å²) in [6.45, 7) is 9.09. The van der Waals surface area contributed by atoms with Gasteiger partial charge in [0.25, 0.3) is 5.91 Å². The number of nitrogens with zero attached hydrogens (tertiary/aromatic N) is 1. The van der Waals surface area contributed by atoms with Gasteiger partial charge in [-0.05, 0) is 42.6 Å². The smallest absolute Gasteiger partial charge is 0.254 e. The van der Waals surface area contributed by atoms with Gasteiger partial charge in [0, 0.05) is 25.2 Å². The molecule has 102 valence electrons. The SMILES string of the molecule is C=CCN(CCC)C(=O)c1ccc2c(c1)CNCC2. The Morgan fingerprint density at radius 3 is 3.05 bits per heavy atom. The Kier molecular flexibility index (Phi) is 4.74. The van der Waals surface area contributed by atoms with Gasteiger partial charge in [0.1, 0.15) is 0 Å². The molecule has 1 amide bonds. The van der Waals surface area contributed by atoms with Crippen LogP contribution in [0.1, 0.15) is 34.8 Å². The van der Waals surface area contributed by atoms with Crippen LogP contribution in [0.15, 0.2) is 30.9 Å². The molecule has 0 spiro atoms. The van der Waals surface area contributed by atoms with Gasteiger partial charge in [-0.1, -0.05) is 19.1 Å². The van der Waals surface area contributed by atoms with Gasteiger partial charge in [-0.25, -0.2) is 0 Å². The topological polar surface area (TPSA) is 32.3 Å². The van der Waals surface area contributed by atoms with Crippen molar-refractivity contribution in [1.82, 2.24) is 10.2 Å². The molecule has 0 aliphatic carbocycles. The molecule has 0 unspecified atom stereocenters. The number of fused-ring (bicyclic) bond motifs is 1. The van der Waals surface area contributed by atoms with Gasteiger partial charge < -0.3 is 10.2 Å². The highest BCUT2D eigenvalue weighted by molar-refractivity contribution is 5.94. The van der Waals surface area contributed by atoms with E-state index in [1.165, 1.54) is 11.1 Å². The molecular weight excluding hydrogens is 236 g/mol. The molecule has 1 heterocycles. The molecule has 1 N–H and O–H groups in total. The highest BCUT2D eigenvalue weighted by atomic mass is 16.2. The summed E-state index contributed by atoms with van der Waals surface area (Å²) in [5.41, 5.74) is 3.41. The zero-order chi connectivity index (χ0) is 13.7. The summed E-state index contributed by atoms with van der Waals surface area (Å²) in [6.07, 6.45) is 3.80. The first-order valence-electron chi connectivity index (χ1n) is 6.99. The van der Waals surface area contributed by atoms with E-state index in [0.717, 1.165) is 38.0 Å². The molecule has 19 heavy (non-hydrogen) atoms. The van der Waals surface area contributed by atoms with E-state index in [9.17, 15) is 4.79 Å². The number of carbonyl (C=O) groups is 1. The molecule has 1 aliphatic heterocycles. The number of benzene rings is 1. The average Bonchev–Trinajstić information content (AvgIpc) is 2.46. The Labute approximate surface area is 115 Å². The predicted molar refractivity (Wildman–Crippen MR) is 78.2 cm³/mol. The van der Waals surface area contributed by atoms with Crippen LogP contribution in [-0.4, -0.2) is 30.4 Å². The van der Waals surface area contributed by atoms with Crippen LogP contribution in [0.3, 0.4) is 0 Å². The van der Waals surface area contributed by atoms with Crippen molar-refractivity contribution in [3.63, 3.8) is 0 Å². The van der Waals surface area contributed by atoms with Crippen LogP contribution in [0.5, 0.6) is 0 Å². The van der Waals surface area contributed by atoms with Crippen LogP contribution in [0.4, 0.5) is 0 Å². The molecule has 2 rings (SSSR count). The number of hydrogen-bond donors (Lipinski definition) is 1. The van der Waals surface area contributed by atoms with Crippen LogP contribution in [0.2, 0.25) is 0 Å². The molecule has 3 nitrogen and oxygen atoms in total. The minimum atomic E-state index is 0.107. The third-order valence-electron chi connectivity index (χ3n) is 3.47. The Hall–Kier alpha value is -1.61. The Bertz CT molecular complexity index is 468. The lowest BCUT2D eigenvalue weighted by atomic mass is 9.98. The summed E-state index contributed by atoms with van der Waals surface area (Å²) in [7, 11) is 0. The average molecular weight is 258 g/mol. The maximum absolute atomic E-state index is 12.5. The normalized spacial score (nSPS) is 13.7. The molecule has 1 aromatic carbocycles. The largest absolute Gasteiger partial charge is 0.335 e. The first-order chi connectivity index (χ1) is 9.26. The molecule has 0 bridgehead atoms. The lowest BCUT2D eigenvalue weighted by molar-refractivity contribution is 0.0774. The second kappa shape index (κ2) is 6.53. The van der Waals surface area contributed by atoms with Crippen molar-refractivity contribution in [3.05, 3.63) is 47.5 Å². The summed E-state index contributed by atoms with van der Waals surface area (Å²) >= 11 is 0. The quantitative estimate of drug-likeness (QED) is 0.822. The van der Waals surface area contributed by atoms with E-state index in [2.05, 4.69) is 24.9 Å². The molecule has 1 aromatic rings. The van der Waals surface area contributed by atoms with Gasteiger partial charge in [0.05, 0.1) is 0 Å². The van der Waals surface area contributed by atoms with Gasteiger partial charge in [0.2, 0.25) is 0 Å². The maximum Gasteiger partial charge on any atom is 0.254 e. The van der Waals surface area contributed by atoms with Crippen LogP contribution < -0.4 is 5.32 Å². The third-order valence-corrected chi connectivity index (χ3v) is 3.47. The zero-order valence-corrected chi connectivity index (χ0v) is 11.6. The summed E-state index contributed by atoms with van der Waals surface area (Å²) in [4.78, 5) is 14.3. The van der Waals surface area contributed by atoms with Crippen molar-refractivity contribution in [2.45, 2.75) is 26.3 Å². The summed E-state index contributed by atoms with van der Waals surface area (Å²) in [5.74, 6) is 0.107. The van der Waals surface area contributed by atoms with Crippen LogP contribution in [-0.2, 0) is 13.0 Å². The van der Waals surface area contributed by atoms with Gasteiger partial charge in [-0.2, -0.15) is 0 Å². The van der Waals surface area contributed by atoms with Crippen LogP contribution in [0, 0.1) is 0 Å². The lowest BCUT2D eigenvalue weighted by Crippen LogP contribution is -2.32. The number of carbonyl (C=O) groups excluding carboxylic acids is 1. The van der Waals surface area contributed by atoms with Crippen molar-refractivity contribution in [1.29, 1.82) is 0 Å². The van der Waals surface area contributed by atoms with Crippen molar-refractivity contribution >= 4 is 5.91 Å². The minimum Gasteiger partial charge on any atom is -0.335 e. The van der Waals surface area contributed by atoms with Gasteiger partial charge in [-0.3, -0.25) is 4.79 Å². The molecule has 0 atom stereocenters. The van der Waals surface area contributed by atoms with Crippen LogP contribution >= 0.6 is 0 Å². The molecule has 0 saturated carbocycles. The molecule has 3 heteroatoms. The monoisotopic (exact) mass is 258 g/mol. The van der Waals surface area contributed by atoms with Crippen molar-refractivity contribution in [2.24, 2.45) is 0 Å². The van der Waals surface area contributed by atoms with Gasteiger partial charge in [0.15, 0.2) is 0 Å². The number of amides is 1. The summed E-state index contributed by atoms with van der Waals surface area (Å²) < 4.78 is 0. The second-order valence-electron chi connectivity index (χ2n) is 4.95. The van der Waals surface area contributed by atoms with Gasteiger partial charge in [-0.15, -0.1) is 6.58 Å². The number of hydrogen-bond acceptors (Lipinski definition) is 2. The van der Waals surface area contributed by atoms with E-state index >= 15 is 0 Å². The Morgan fingerprint density at radius 2 is 2.32 bits per heavy atom. The van der Waals surface area contributed by atoms with Crippen LogP contribution in [0.25, 0.3) is 0 Å². The molecular formula is C16H22N2O. The summed E-state index contributed by atoms with van der Waals surface area (Å²) in [5, 5.41) is 3.35. The highest BCUT2D eigenvalue weighted by Gasteiger charge is 2.16. The van der Waals surface area contributed by atoms with E-state index in [1.807, 2.05) is 17.0 Å². The Balaban J connectivity index is 2.19. The molecule has 0 fully saturated rings. The number of nitrogens with one attached hydrogen (secondary N) is 1. The van der Waals surface area contributed by atoms with E-state index in [0.29, 0.717) is 6.54 Å². The molecule has 0 radical (unpaired) electrons. The zero-order valence-electron chi connectivity index (χ0n) is 11.6. The minimum absolute atomic E-state index is 0.107. The Morgan fingerprint density at radius 1 is 1.47 bits per heavy atom. The lowest BCUT2D eigenvalue weighted by Gasteiger charge is -2.22. The van der Waals surface area contributed by atoms with E-state index in [1.54, 1.807) is 6.08 Å². The second-order valence-corrected chi connectivity index (χ2v) is 4.95. The third kappa shape index (κ3) is 3.24. The van der Waals surface area contributed by atoms with Crippen molar-refractivity contribution < 1.29 is 4.79 Å². The van der Waals surface area contributed by atoms with E-state index in [-0.39, 0.29) is 5.91 Å². The maximum atomic E-state index is 12.5. The van der Waals surface area contributed by atoms with Gasteiger partial charge >= 0.3 is 0 Å². The van der Waals surface area contributed by atoms with E-state index < -0.39 is 0 Å². The fourth-order valence-electron chi connectivity index (χ4n) is 2.50. The molecule has 0 saturated heterocycles. The standard InChI is InChI=1S/C16H22N2O/c1-3-9-18(10-4-2)16(19)14-6-5-13-7-8-17-12-15(13)11-14/h3,5-6,11,17H,1,4,7-10,12H2,2H3. The van der Waals surface area contributed by atoms with Crippen molar-refractivity contribution in [3.8, 4) is 0 Å². The summed E-state index contributed by atoms with van der Waals surface area (Å²) in [6, 6.07) is 6.09. The predicted octanol–water partition coefficient (Wildman–Crippen LogP) is 2.37.